The molecule has 35 heavy (non-hydrogen) atoms. The average Bonchev–Trinajstić information content (AvgIpc) is 2.85. The fourth-order valence-electron chi connectivity index (χ4n) is 5.09. The average molecular weight is 476 g/mol. The van der Waals surface area contributed by atoms with Crippen LogP contribution in [0.2, 0.25) is 0 Å². The van der Waals surface area contributed by atoms with Gasteiger partial charge >= 0.3 is 0 Å². The molecule has 2 aliphatic rings. The summed E-state index contributed by atoms with van der Waals surface area (Å²) in [6.07, 6.45) is 5.45. The van der Waals surface area contributed by atoms with Crippen LogP contribution in [-0.2, 0) is 11.2 Å². The van der Waals surface area contributed by atoms with Crippen molar-refractivity contribution in [3.63, 3.8) is 0 Å². The van der Waals surface area contributed by atoms with Gasteiger partial charge in [0, 0.05) is 43.0 Å². The number of carbonyl (C=O) groups excluding carboxylic acids is 2. The standard InChI is InChI=1S/C30H41N3O2/c1-22-12-16-33(17-13-22)28(34)26-21-25(31-29(35)30(2,3)4)10-11-27(26)32-18-14-24(15-19-32)20-23-8-6-5-7-9-23/h5-11,21-22,24H,12-20H2,1-4H3,(H,31,35). The molecular formula is C30H41N3O2. The summed E-state index contributed by atoms with van der Waals surface area (Å²) >= 11 is 0. The van der Waals surface area contributed by atoms with Gasteiger partial charge in [0.15, 0.2) is 0 Å². The molecule has 2 heterocycles. The van der Waals surface area contributed by atoms with Crippen molar-refractivity contribution in [1.82, 2.24) is 4.90 Å². The van der Waals surface area contributed by atoms with Gasteiger partial charge in [0.1, 0.15) is 0 Å². The molecule has 0 radical (unpaired) electrons. The summed E-state index contributed by atoms with van der Waals surface area (Å²) < 4.78 is 0. The first-order chi connectivity index (χ1) is 16.7. The highest BCUT2D eigenvalue weighted by Crippen LogP contribution is 2.32. The molecule has 0 aliphatic carbocycles. The SMILES string of the molecule is CC1CCN(C(=O)c2cc(NC(=O)C(C)(C)C)ccc2N2CCC(Cc3ccccc3)CC2)CC1. The highest BCUT2D eigenvalue weighted by atomic mass is 16.2. The zero-order valence-corrected chi connectivity index (χ0v) is 21.8. The first kappa shape index (κ1) is 25.3. The van der Waals surface area contributed by atoms with E-state index in [1.54, 1.807) is 0 Å². The maximum Gasteiger partial charge on any atom is 0.256 e. The van der Waals surface area contributed by atoms with Crippen molar-refractivity contribution in [1.29, 1.82) is 0 Å². The lowest BCUT2D eigenvalue weighted by atomic mass is 9.89. The van der Waals surface area contributed by atoms with Crippen LogP contribution in [0.15, 0.2) is 48.5 Å². The van der Waals surface area contributed by atoms with Crippen LogP contribution < -0.4 is 10.2 Å². The fraction of sp³-hybridized carbons (Fsp3) is 0.533. The topological polar surface area (TPSA) is 52.7 Å². The second-order valence-corrected chi connectivity index (χ2v) is 11.5. The van der Waals surface area contributed by atoms with Gasteiger partial charge < -0.3 is 15.1 Å². The minimum Gasteiger partial charge on any atom is -0.371 e. The molecule has 5 nitrogen and oxygen atoms in total. The van der Waals surface area contributed by atoms with Gasteiger partial charge in [-0.15, -0.1) is 0 Å². The van der Waals surface area contributed by atoms with Gasteiger partial charge in [-0.3, -0.25) is 9.59 Å². The number of benzene rings is 2. The van der Waals surface area contributed by atoms with Crippen molar-refractivity contribution in [2.24, 2.45) is 17.3 Å². The number of carbonyl (C=O) groups is 2. The molecule has 2 amide bonds. The molecule has 0 aromatic heterocycles. The first-order valence-electron chi connectivity index (χ1n) is 13.2. The van der Waals surface area contributed by atoms with Crippen LogP contribution in [-0.4, -0.2) is 42.9 Å². The molecule has 2 aromatic rings. The number of anilines is 2. The Morgan fingerprint density at radius 2 is 1.57 bits per heavy atom. The Hall–Kier alpha value is -2.82. The molecule has 0 atom stereocenters. The number of amides is 2. The normalized spacial score (nSPS) is 17.9. The third-order valence-electron chi connectivity index (χ3n) is 7.56. The van der Waals surface area contributed by atoms with Crippen molar-refractivity contribution in [2.75, 3.05) is 36.4 Å². The number of hydrogen-bond donors (Lipinski definition) is 1. The highest BCUT2D eigenvalue weighted by Gasteiger charge is 2.28. The molecule has 5 heteroatoms. The summed E-state index contributed by atoms with van der Waals surface area (Å²) in [7, 11) is 0. The molecule has 2 aromatic carbocycles. The molecule has 4 rings (SSSR count). The van der Waals surface area contributed by atoms with Crippen LogP contribution in [0.5, 0.6) is 0 Å². The number of nitrogens with zero attached hydrogens (tertiary/aromatic N) is 2. The molecule has 0 bridgehead atoms. The molecule has 2 fully saturated rings. The van der Waals surface area contributed by atoms with Gasteiger partial charge in [0.05, 0.1) is 5.56 Å². The van der Waals surface area contributed by atoms with E-state index < -0.39 is 5.41 Å². The van der Waals surface area contributed by atoms with Crippen LogP contribution >= 0.6 is 0 Å². The lowest BCUT2D eigenvalue weighted by Crippen LogP contribution is -2.40. The molecular weight excluding hydrogens is 434 g/mol. The number of piperidine rings is 2. The summed E-state index contributed by atoms with van der Waals surface area (Å²) in [4.78, 5) is 30.7. The van der Waals surface area contributed by atoms with Crippen molar-refractivity contribution in [3.05, 3.63) is 59.7 Å². The summed E-state index contributed by atoms with van der Waals surface area (Å²) in [6.45, 7) is 11.5. The predicted molar refractivity (Wildman–Crippen MR) is 144 cm³/mol. The van der Waals surface area contributed by atoms with Gasteiger partial charge in [0.25, 0.3) is 5.91 Å². The maximum absolute atomic E-state index is 13.7. The predicted octanol–water partition coefficient (Wildman–Crippen LogP) is 6.00. The summed E-state index contributed by atoms with van der Waals surface area (Å²) in [5.74, 6) is 1.38. The van der Waals surface area contributed by atoms with Gasteiger partial charge in [-0.1, -0.05) is 58.0 Å². The van der Waals surface area contributed by atoms with Crippen molar-refractivity contribution in [3.8, 4) is 0 Å². The van der Waals surface area contributed by atoms with E-state index in [9.17, 15) is 9.59 Å². The second-order valence-electron chi connectivity index (χ2n) is 11.5. The Bertz CT molecular complexity index is 1010. The van der Waals surface area contributed by atoms with Crippen molar-refractivity contribution >= 4 is 23.2 Å². The van der Waals surface area contributed by atoms with Crippen LogP contribution in [0.4, 0.5) is 11.4 Å². The molecule has 0 spiro atoms. The Labute approximate surface area is 210 Å². The molecule has 1 N–H and O–H groups in total. The van der Waals surface area contributed by atoms with Gasteiger partial charge in [-0.2, -0.15) is 0 Å². The van der Waals surface area contributed by atoms with Gasteiger partial charge in [-0.25, -0.2) is 0 Å². The van der Waals surface area contributed by atoms with Crippen LogP contribution in [0.3, 0.4) is 0 Å². The molecule has 188 valence electrons. The fourth-order valence-corrected chi connectivity index (χ4v) is 5.09. The lowest BCUT2D eigenvalue weighted by molar-refractivity contribution is -0.123. The Kier molecular flexibility index (Phi) is 7.83. The minimum atomic E-state index is -0.494. The number of hydrogen-bond acceptors (Lipinski definition) is 3. The molecule has 0 unspecified atom stereocenters. The van der Waals surface area contributed by atoms with Crippen LogP contribution in [0, 0.1) is 17.3 Å². The van der Waals surface area contributed by atoms with E-state index in [4.69, 9.17) is 0 Å². The lowest BCUT2D eigenvalue weighted by Gasteiger charge is -2.36. The quantitative estimate of drug-likeness (QED) is 0.577. The maximum atomic E-state index is 13.7. The largest absolute Gasteiger partial charge is 0.371 e. The van der Waals surface area contributed by atoms with E-state index in [2.05, 4.69) is 47.5 Å². The number of likely N-dealkylation sites (tertiary alicyclic amines) is 1. The Morgan fingerprint density at radius 1 is 0.914 bits per heavy atom. The first-order valence-corrected chi connectivity index (χ1v) is 13.2. The minimum absolute atomic E-state index is 0.0443. The summed E-state index contributed by atoms with van der Waals surface area (Å²) in [5, 5.41) is 3.02. The van der Waals surface area contributed by atoms with E-state index in [-0.39, 0.29) is 11.8 Å². The second kappa shape index (κ2) is 10.8. The van der Waals surface area contributed by atoms with E-state index in [0.29, 0.717) is 23.1 Å². The number of nitrogens with one attached hydrogen (secondary N) is 1. The third kappa shape index (κ3) is 6.45. The van der Waals surface area contributed by atoms with Crippen LogP contribution in [0.1, 0.15) is 69.3 Å². The zero-order valence-electron chi connectivity index (χ0n) is 21.8. The molecule has 2 saturated heterocycles. The number of rotatable bonds is 5. The Balaban J connectivity index is 1.52. The smallest absolute Gasteiger partial charge is 0.256 e. The van der Waals surface area contributed by atoms with Crippen molar-refractivity contribution < 1.29 is 9.59 Å². The van der Waals surface area contributed by atoms with E-state index in [0.717, 1.165) is 64.0 Å². The van der Waals surface area contributed by atoms with E-state index in [1.807, 2.05) is 43.9 Å². The third-order valence-corrected chi connectivity index (χ3v) is 7.56. The van der Waals surface area contributed by atoms with Gasteiger partial charge in [-0.05, 0) is 67.7 Å². The molecule has 0 saturated carbocycles. The highest BCUT2D eigenvalue weighted by molar-refractivity contribution is 6.02. The van der Waals surface area contributed by atoms with Gasteiger partial charge in [0.2, 0.25) is 5.91 Å². The Morgan fingerprint density at radius 3 is 2.20 bits per heavy atom. The van der Waals surface area contributed by atoms with Crippen LogP contribution in [0.25, 0.3) is 0 Å². The van der Waals surface area contributed by atoms with E-state index in [1.165, 1.54) is 5.56 Å². The zero-order chi connectivity index (χ0) is 25.0. The summed E-state index contributed by atoms with van der Waals surface area (Å²) in [6, 6.07) is 16.6. The molecule has 2 aliphatic heterocycles. The van der Waals surface area contributed by atoms with E-state index >= 15 is 0 Å². The monoisotopic (exact) mass is 475 g/mol. The summed E-state index contributed by atoms with van der Waals surface area (Å²) in [5.41, 5.74) is 3.32. The van der Waals surface area contributed by atoms with Crippen molar-refractivity contribution in [2.45, 2.75) is 59.8 Å².